The Labute approximate surface area is 188 Å². The number of rotatable bonds is 6. The summed E-state index contributed by atoms with van der Waals surface area (Å²) in [5.74, 6) is -2.75. The molecule has 0 aromatic heterocycles. The first-order chi connectivity index (χ1) is 15.1. The normalized spacial score (nSPS) is 15.1. The van der Waals surface area contributed by atoms with E-state index in [9.17, 15) is 19.2 Å². The van der Waals surface area contributed by atoms with Crippen LogP contribution in [0, 0.1) is 13.8 Å². The number of imide groups is 2. The number of methoxy groups -OCH3 is 1. The van der Waals surface area contributed by atoms with Crippen LogP contribution in [0.4, 0.5) is 10.5 Å². The van der Waals surface area contributed by atoms with Crippen LogP contribution in [0.25, 0.3) is 6.08 Å². The number of carbonyl (C=O) groups excluding carboxylic acids is 3. The van der Waals surface area contributed by atoms with Gasteiger partial charge in [-0.15, -0.1) is 0 Å². The van der Waals surface area contributed by atoms with Crippen LogP contribution in [0.3, 0.4) is 0 Å². The highest BCUT2D eigenvalue weighted by Gasteiger charge is 2.37. The summed E-state index contributed by atoms with van der Waals surface area (Å²) in [6.45, 7) is 3.02. The third-order valence-electron chi connectivity index (χ3n) is 4.47. The van der Waals surface area contributed by atoms with Gasteiger partial charge in [0.1, 0.15) is 5.57 Å². The number of carboxylic acid groups (broad SMARTS) is 1. The summed E-state index contributed by atoms with van der Waals surface area (Å²) < 4.78 is 10.3. The van der Waals surface area contributed by atoms with Crippen LogP contribution in [0.2, 0.25) is 5.02 Å². The van der Waals surface area contributed by atoms with Gasteiger partial charge in [0.05, 0.1) is 17.8 Å². The number of carboxylic acids is 1. The summed E-state index contributed by atoms with van der Waals surface area (Å²) in [6, 6.07) is 7.16. The fourth-order valence-corrected chi connectivity index (χ4v) is 3.51. The number of hydrogen-bond donors (Lipinski definition) is 2. The molecule has 4 amide bonds. The highest BCUT2D eigenvalue weighted by atomic mass is 35.5. The molecule has 0 unspecified atom stereocenters. The fourth-order valence-electron chi connectivity index (χ4n) is 3.24. The number of barbiturate groups is 1. The zero-order valence-electron chi connectivity index (χ0n) is 17.4. The third-order valence-corrected chi connectivity index (χ3v) is 4.75. The minimum absolute atomic E-state index is 0.00480. The molecule has 1 aliphatic heterocycles. The molecule has 0 radical (unpaired) electrons. The minimum Gasteiger partial charge on any atom is -0.493 e. The SMILES string of the molecule is COc1cc(C=C2C(=O)NC(=O)N(c3cc(C)cc(C)c3)C2=O)cc(Cl)c1OCC(=O)O. The predicted octanol–water partition coefficient (Wildman–Crippen LogP) is 3.10. The first kappa shape index (κ1) is 22.8. The standard InChI is InChI=1S/C22H19ClN2O7/c1-11-4-12(2)6-14(5-11)25-21(29)15(20(28)24-22(25)30)7-13-8-16(23)19(17(9-13)31-3)32-10-18(26)27/h4-9H,10H2,1-3H3,(H,26,27)(H,24,28,30). The van der Waals surface area contributed by atoms with Crippen LogP contribution in [0.5, 0.6) is 11.5 Å². The molecule has 1 aliphatic rings. The van der Waals surface area contributed by atoms with Crippen molar-refractivity contribution in [3.05, 3.63) is 57.6 Å². The van der Waals surface area contributed by atoms with Gasteiger partial charge in [0.25, 0.3) is 11.8 Å². The molecule has 3 rings (SSSR count). The Morgan fingerprint density at radius 1 is 1.12 bits per heavy atom. The Morgan fingerprint density at radius 2 is 1.78 bits per heavy atom. The van der Waals surface area contributed by atoms with Crippen LogP contribution in [-0.4, -0.2) is 42.6 Å². The van der Waals surface area contributed by atoms with Gasteiger partial charge in [0, 0.05) is 0 Å². The molecule has 0 aliphatic carbocycles. The van der Waals surface area contributed by atoms with Crippen LogP contribution in [0.15, 0.2) is 35.9 Å². The van der Waals surface area contributed by atoms with E-state index in [2.05, 4.69) is 5.32 Å². The van der Waals surface area contributed by atoms with Crippen molar-refractivity contribution in [2.45, 2.75) is 13.8 Å². The highest BCUT2D eigenvalue weighted by Crippen LogP contribution is 2.37. The molecule has 166 valence electrons. The van der Waals surface area contributed by atoms with Gasteiger partial charge >= 0.3 is 12.0 Å². The number of nitrogens with one attached hydrogen (secondary N) is 1. The molecule has 9 nitrogen and oxygen atoms in total. The number of anilines is 1. The number of amides is 4. The lowest BCUT2D eigenvalue weighted by atomic mass is 10.0. The molecule has 1 heterocycles. The van der Waals surface area contributed by atoms with Crippen molar-refractivity contribution in [3.8, 4) is 11.5 Å². The van der Waals surface area contributed by atoms with E-state index < -0.39 is 30.4 Å². The number of urea groups is 1. The van der Waals surface area contributed by atoms with E-state index in [4.69, 9.17) is 26.2 Å². The largest absolute Gasteiger partial charge is 0.493 e. The van der Waals surface area contributed by atoms with Gasteiger partial charge in [0.2, 0.25) is 0 Å². The molecule has 1 fully saturated rings. The Kier molecular flexibility index (Phi) is 6.50. The average molecular weight is 459 g/mol. The second kappa shape index (κ2) is 9.11. The number of benzene rings is 2. The van der Waals surface area contributed by atoms with E-state index in [0.717, 1.165) is 16.0 Å². The Hall–Kier alpha value is -3.85. The van der Waals surface area contributed by atoms with Crippen molar-refractivity contribution in [3.63, 3.8) is 0 Å². The quantitative estimate of drug-likeness (QED) is 0.503. The molecular formula is C22H19ClN2O7. The summed E-state index contributed by atoms with van der Waals surface area (Å²) in [7, 11) is 1.33. The van der Waals surface area contributed by atoms with Crippen LogP contribution in [0.1, 0.15) is 16.7 Å². The van der Waals surface area contributed by atoms with Crippen molar-refractivity contribution in [1.82, 2.24) is 5.32 Å². The second-order valence-corrected chi connectivity index (χ2v) is 7.43. The zero-order valence-corrected chi connectivity index (χ0v) is 18.1. The van der Waals surface area contributed by atoms with Crippen molar-refractivity contribution >= 4 is 47.2 Å². The molecule has 0 atom stereocenters. The summed E-state index contributed by atoms with van der Waals surface area (Å²) >= 11 is 6.19. The van der Waals surface area contributed by atoms with Gasteiger partial charge in [-0.05, 0) is 60.9 Å². The van der Waals surface area contributed by atoms with Crippen molar-refractivity contribution in [2.24, 2.45) is 0 Å². The van der Waals surface area contributed by atoms with E-state index in [1.165, 1.54) is 25.3 Å². The molecule has 2 aromatic rings. The molecule has 32 heavy (non-hydrogen) atoms. The van der Waals surface area contributed by atoms with Crippen molar-refractivity contribution < 1.29 is 33.8 Å². The third kappa shape index (κ3) is 4.73. The van der Waals surface area contributed by atoms with Gasteiger partial charge < -0.3 is 14.6 Å². The fraction of sp³-hybridized carbons (Fsp3) is 0.182. The minimum atomic E-state index is -1.20. The molecule has 0 spiro atoms. The topological polar surface area (TPSA) is 122 Å². The number of nitrogens with zero attached hydrogens (tertiary/aromatic N) is 1. The van der Waals surface area contributed by atoms with Crippen molar-refractivity contribution in [2.75, 3.05) is 18.6 Å². The molecule has 0 bridgehead atoms. The van der Waals surface area contributed by atoms with E-state index in [-0.39, 0.29) is 22.1 Å². The Balaban J connectivity index is 2.02. The molecule has 0 saturated carbocycles. The number of carbonyl (C=O) groups is 4. The van der Waals surface area contributed by atoms with Gasteiger partial charge in [-0.3, -0.25) is 14.9 Å². The van der Waals surface area contributed by atoms with Crippen molar-refractivity contribution in [1.29, 1.82) is 0 Å². The lowest BCUT2D eigenvalue weighted by Gasteiger charge is -2.27. The lowest BCUT2D eigenvalue weighted by molar-refractivity contribution is -0.139. The molecule has 10 heteroatoms. The Bertz CT molecular complexity index is 1150. The number of ether oxygens (including phenoxy) is 2. The smallest absolute Gasteiger partial charge is 0.341 e. The Morgan fingerprint density at radius 3 is 2.38 bits per heavy atom. The van der Waals surface area contributed by atoms with Gasteiger partial charge in [0.15, 0.2) is 18.1 Å². The molecule has 1 saturated heterocycles. The summed E-state index contributed by atoms with van der Waals surface area (Å²) in [5.41, 5.74) is 2.04. The maximum absolute atomic E-state index is 13.1. The van der Waals surface area contributed by atoms with Crippen LogP contribution in [-0.2, 0) is 14.4 Å². The predicted molar refractivity (Wildman–Crippen MR) is 116 cm³/mol. The van der Waals surface area contributed by atoms with Gasteiger partial charge in [-0.1, -0.05) is 17.7 Å². The first-order valence-electron chi connectivity index (χ1n) is 9.32. The second-order valence-electron chi connectivity index (χ2n) is 7.02. The molecule has 2 N–H and O–H groups in total. The maximum Gasteiger partial charge on any atom is 0.341 e. The average Bonchev–Trinajstić information content (AvgIpc) is 2.68. The molecule has 2 aromatic carbocycles. The van der Waals surface area contributed by atoms with E-state index >= 15 is 0 Å². The van der Waals surface area contributed by atoms with E-state index in [0.29, 0.717) is 11.3 Å². The van der Waals surface area contributed by atoms with E-state index in [1.54, 1.807) is 12.1 Å². The number of halogens is 1. The summed E-state index contributed by atoms with van der Waals surface area (Å²) in [5, 5.41) is 11.0. The lowest BCUT2D eigenvalue weighted by Crippen LogP contribution is -2.54. The highest BCUT2D eigenvalue weighted by molar-refractivity contribution is 6.39. The van der Waals surface area contributed by atoms with E-state index in [1.807, 2.05) is 19.9 Å². The maximum atomic E-state index is 13.1. The first-order valence-corrected chi connectivity index (χ1v) is 9.70. The zero-order chi connectivity index (χ0) is 23.6. The van der Waals surface area contributed by atoms with Gasteiger partial charge in [-0.25, -0.2) is 14.5 Å². The monoisotopic (exact) mass is 458 g/mol. The molecular weight excluding hydrogens is 440 g/mol. The number of aliphatic carboxylic acids is 1. The summed E-state index contributed by atoms with van der Waals surface area (Å²) in [6.07, 6.45) is 1.26. The summed E-state index contributed by atoms with van der Waals surface area (Å²) in [4.78, 5) is 49.5. The van der Waals surface area contributed by atoms with Gasteiger partial charge in [-0.2, -0.15) is 0 Å². The van der Waals surface area contributed by atoms with Crippen LogP contribution < -0.4 is 19.7 Å². The number of hydrogen-bond acceptors (Lipinski definition) is 6. The number of aryl methyl sites for hydroxylation is 2. The van der Waals surface area contributed by atoms with Crippen LogP contribution >= 0.6 is 11.6 Å².